The Bertz CT molecular complexity index is 940. The summed E-state index contributed by atoms with van der Waals surface area (Å²) < 4.78 is 5.18. The van der Waals surface area contributed by atoms with Crippen LogP contribution in [0.4, 0.5) is 11.4 Å². The molecule has 2 amide bonds. The van der Waals surface area contributed by atoms with E-state index in [1.807, 2.05) is 13.0 Å². The zero-order valence-electron chi connectivity index (χ0n) is 15.5. The van der Waals surface area contributed by atoms with Crippen LogP contribution in [0.1, 0.15) is 32.1 Å². The van der Waals surface area contributed by atoms with E-state index in [1.165, 1.54) is 0 Å². The Morgan fingerprint density at radius 2 is 1.75 bits per heavy atom. The highest BCUT2D eigenvalue weighted by atomic mass is 16.5. The summed E-state index contributed by atoms with van der Waals surface area (Å²) in [5.41, 5.74) is 1.87. The van der Waals surface area contributed by atoms with Gasteiger partial charge in [0.25, 0.3) is 0 Å². The average molecular weight is 379 g/mol. The van der Waals surface area contributed by atoms with Gasteiger partial charge in [0.1, 0.15) is 5.69 Å². The fraction of sp³-hybridized carbons (Fsp3) is 0.250. The first kappa shape index (κ1) is 19.2. The zero-order valence-corrected chi connectivity index (χ0v) is 15.5. The minimum absolute atomic E-state index is 0.0499. The van der Waals surface area contributed by atoms with E-state index < -0.39 is 0 Å². The molecule has 144 valence electrons. The van der Waals surface area contributed by atoms with Gasteiger partial charge in [0.2, 0.25) is 23.5 Å². The number of pyridine rings is 1. The van der Waals surface area contributed by atoms with Crippen molar-refractivity contribution in [2.45, 2.75) is 32.6 Å². The normalized spacial score (nSPS) is 10.5. The van der Waals surface area contributed by atoms with E-state index >= 15 is 0 Å². The molecule has 0 unspecified atom stereocenters. The van der Waals surface area contributed by atoms with Gasteiger partial charge in [-0.1, -0.05) is 24.2 Å². The molecule has 0 fully saturated rings. The van der Waals surface area contributed by atoms with E-state index in [4.69, 9.17) is 4.52 Å². The van der Waals surface area contributed by atoms with E-state index in [0.29, 0.717) is 41.6 Å². The lowest BCUT2D eigenvalue weighted by Gasteiger charge is -2.08. The number of nitrogens with zero attached hydrogens (tertiary/aromatic N) is 3. The number of anilines is 2. The van der Waals surface area contributed by atoms with E-state index in [0.717, 1.165) is 6.42 Å². The lowest BCUT2D eigenvalue weighted by atomic mass is 10.2. The van der Waals surface area contributed by atoms with Crippen LogP contribution in [0.2, 0.25) is 0 Å². The molecule has 0 radical (unpaired) electrons. The van der Waals surface area contributed by atoms with Gasteiger partial charge < -0.3 is 15.2 Å². The van der Waals surface area contributed by atoms with Crippen LogP contribution in [0.3, 0.4) is 0 Å². The second-order valence-electron chi connectivity index (χ2n) is 6.15. The molecule has 8 heteroatoms. The molecule has 3 rings (SSSR count). The summed E-state index contributed by atoms with van der Waals surface area (Å²) in [7, 11) is 0. The summed E-state index contributed by atoms with van der Waals surface area (Å²) >= 11 is 0. The summed E-state index contributed by atoms with van der Waals surface area (Å²) in [4.78, 5) is 32.3. The number of carbonyl (C=O) groups is 2. The maximum Gasteiger partial charge on any atom is 0.227 e. The van der Waals surface area contributed by atoms with Crippen molar-refractivity contribution in [1.29, 1.82) is 0 Å². The van der Waals surface area contributed by atoms with Crippen molar-refractivity contribution in [2.75, 3.05) is 10.6 Å². The third-order valence-electron chi connectivity index (χ3n) is 3.84. The number of carbonyl (C=O) groups excluding carboxylic acids is 2. The molecule has 2 heterocycles. The summed E-state index contributed by atoms with van der Waals surface area (Å²) in [5.74, 6) is 0.531. The molecule has 0 saturated carbocycles. The number of aromatic nitrogens is 3. The molecule has 0 aliphatic carbocycles. The van der Waals surface area contributed by atoms with E-state index in [9.17, 15) is 9.59 Å². The van der Waals surface area contributed by atoms with Crippen LogP contribution in [-0.4, -0.2) is 26.9 Å². The van der Waals surface area contributed by atoms with E-state index in [1.54, 1.807) is 42.6 Å². The van der Waals surface area contributed by atoms with Crippen molar-refractivity contribution < 1.29 is 14.1 Å². The van der Waals surface area contributed by atoms with Gasteiger partial charge in [0.15, 0.2) is 0 Å². The molecule has 3 aromatic rings. The minimum Gasteiger partial charge on any atom is -0.339 e. The van der Waals surface area contributed by atoms with Crippen molar-refractivity contribution in [1.82, 2.24) is 15.1 Å². The molecule has 1 aromatic carbocycles. The molecule has 0 aliphatic heterocycles. The Balaban J connectivity index is 1.52. The molecular weight excluding hydrogens is 358 g/mol. The Morgan fingerprint density at radius 1 is 1.00 bits per heavy atom. The fourth-order valence-electron chi connectivity index (χ4n) is 2.52. The number of aryl methyl sites for hydroxylation is 1. The monoisotopic (exact) mass is 379 g/mol. The number of benzene rings is 1. The van der Waals surface area contributed by atoms with Gasteiger partial charge in [0.05, 0.1) is 0 Å². The summed E-state index contributed by atoms with van der Waals surface area (Å²) in [6.45, 7) is 1.94. The molecular formula is C20H21N5O3. The lowest BCUT2D eigenvalue weighted by molar-refractivity contribution is -0.117. The second kappa shape index (κ2) is 9.40. The molecule has 0 atom stereocenters. The maximum absolute atomic E-state index is 12.2. The standard InChI is InChI=1S/C20H21N5O3/c1-2-6-17(26)22-14-7-5-8-15(13-14)23-18(27)10-11-19-24-20(25-28-19)16-9-3-4-12-21-16/h3-5,7-9,12-13H,2,6,10-11H2,1H3,(H,22,26)(H,23,27). The third-order valence-corrected chi connectivity index (χ3v) is 3.84. The van der Waals surface area contributed by atoms with Crippen LogP contribution in [-0.2, 0) is 16.0 Å². The van der Waals surface area contributed by atoms with Crippen LogP contribution in [0.25, 0.3) is 11.5 Å². The molecule has 2 aromatic heterocycles. The smallest absolute Gasteiger partial charge is 0.227 e. The van der Waals surface area contributed by atoms with Crippen molar-refractivity contribution in [3.63, 3.8) is 0 Å². The Morgan fingerprint density at radius 3 is 2.43 bits per heavy atom. The quantitative estimate of drug-likeness (QED) is 0.620. The lowest BCUT2D eigenvalue weighted by Crippen LogP contribution is -2.14. The summed E-state index contributed by atoms with van der Waals surface area (Å²) in [6.07, 6.45) is 3.40. The number of rotatable bonds is 8. The Labute approximate surface area is 162 Å². The molecule has 0 aliphatic rings. The number of hydrogen-bond donors (Lipinski definition) is 2. The van der Waals surface area contributed by atoms with Crippen LogP contribution < -0.4 is 10.6 Å². The first-order chi connectivity index (χ1) is 13.6. The van der Waals surface area contributed by atoms with Crippen LogP contribution >= 0.6 is 0 Å². The van der Waals surface area contributed by atoms with Crippen molar-refractivity contribution in [3.8, 4) is 11.5 Å². The van der Waals surface area contributed by atoms with E-state index in [-0.39, 0.29) is 18.2 Å². The van der Waals surface area contributed by atoms with Gasteiger partial charge in [-0.05, 0) is 36.8 Å². The Kier molecular flexibility index (Phi) is 6.46. The van der Waals surface area contributed by atoms with Gasteiger partial charge in [-0.15, -0.1) is 0 Å². The van der Waals surface area contributed by atoms with Crippen molar-refractivity contribution in [3.05, 3.63) is 54.6 Å². The first-order valence-corrected chi connectivity index (χ1v) is 9.08. The zero-order chi connectivity index (χ0) is 19.8. The summed E-state index contributed by atoms with van der Waals surface area (Å²) in [6, 6.07) is 12.5. The molecule has 28 heavy (non-hydrogen) atoms. The molecule has 0 saturated heterocycles. The average Bonchev–Trinajstić information content (AvgIpc) is 3.17. The molecule has 2 N–H and O–H groups in total. The molecule has 8 nitrogen and oxygen atoms in total. The highest BCUT2D eigenvalue weighted by Gasteiger charge is 2.11. The number of amides is 2. The predicted octanol–water partition coefficient (Wildman–Crippen LogP) is 3.44. The maximum atomic E-state index is 12.2. The predicted molar refractivity (Wildman–Crippen MR) is 104 cm³/mol. The SMILES string of the molecule is CCCC(=O)Nc1cccc(NC(=O)CCc2nc(-c3ccccn3)no2)c1. The van der Waals surface area contributed by atoms with Gasteiger partial charge in [-0.2, -0.15) is 4.98 Å². The largest absolute Gasteiger partial charge is 0.339 e. The van der Waals surface area contributed by atoms with E-state index in [2.05, 4.69) is 25.8 Å². The fourth-order valence-corrected chi connectivity index (χ4v) is 2.52. The highest BCUT2D eigenvalue weighted by molar-refractivity contribution is 5.94. The van der Waals surface area contributed by atoms with Gasteiger partial charge >= 0.3 is 0 Å². The van der Waals surface area contributed by atoms with Gasteiger partial charge in [-0.3, -0.25) is 14.6 Å². The van der Waals surface area contributed by atoms with Gasteiger partial charge in [-0.25, -0.2) is 0 Å². The van der Waals surface area contributed by atoms with Crippen LogP contribution in [0.15, 0.2) is 53.2 Å². The van der Waals surface area contributed by atoms with Crippen LogP contribution in [0, 0.1) is 0 Å². The number of nitrogens with one attached hydrogen (secondary N) is 2. The highest BCUT2D eigenvalue weighted by Crippen LogP contribution is 2.17. The minimum atomic E-state index is -0.186. The van der Waals surface area contributed by atoms with Crippen LogP contribution in [0.5, 0.6) is 0 Å². The van der Waals surface area contributed by atoms with Gasteiger partial charge in [0, 0.05) is 36.8 Å². The second-order valence-corrected chi connectivity index (χ2v) is 6.15. The first-order valence-electron chi connectivity index (χ1n) is 9.08. The molecule has 0 bridgehead atoms. The van der Waals surface area contributed by atoms with Crippen molar-refractivity contribution in [2.24, 2.45) is 0 Å². The topological polar surface area (TPSA) is 110 Å². The summed E-state index contributed by atoms with van der Waals surface area (Å²) in [5, 5.41) is 9.49. The Hall–Kier alpha value is -3.55. The molecule has 0 spiro atoms. The third kappa shape index (κ3) is 5.47. The number of hydrogen-bond acceptors (Lipinski definition) is 6. The van der Waals surface area contributed by atoms with Crippen molar-refractivity contribution >= 4 is 23.2 Å².